The number of hydrogen-bond donors (Lipinski definition) is 2. The summed E-state index contributed by atoms with van der Waals surface area (Å²) < 4.78 is 0. The van der Waals surface area contributed by atoms with Gasteiger partial charge in [0.1, 0.15) is 0 Å². The summed E-state index contributed by atoms with van der Waals surface area (Å²) in [5.41, 5.74) is 4.93. The summed E-state index contributed by atoms with van der Waals surface area (Å²) in [5.74, 6) is 0.992. The number of nitrogens with zero attached hydrogens (tertiary/aromatic N) is 1. The Morgan fingerprint density at radius 3 is 2.77 bits per heavy atom. The molecule has 0 amide bonds. The van der Waals surface area contributed by atoms with Crippen LogP contribution < -0.4 is 5.32 Å². The van der Waals surface area contributed by atoms with Crippen LogP contribution >= 0.6 is 22.9 Å². The molecule has 1 aliphatic heterocycles. The highest BCUT2D eigenvalue weighted by Gasteiger charge is 2.38. The molecule has 4 nitrogen and oxygen atoms in total. The molecule has 130 valence electrons. The zero-order valence-corrected chi connectivity index (χ0v) is 15.5. The van der Waals surface area contributed by atoms with Gasteiger partial charge in [0.05, 0.1) is 11.6 Å². The molecule has 0 bridgehead atoms. The SMILES string of the molecule is O=C1CCCC2=C1[C@@H](c1cccs1)c1c(n[nH]c1-c1ccc(Cl)cc1)N2. The molecule has 2 aromatic heterocycles. The van der Waals surface area contributed by atoms with Crippen LogP contribution in [0, 0.1) is 0 Å². The number of nitrogens with one attached hydrogen (secondary N) is 2. The number of allylic oxidation sites excluding steroid dienone is 2. The van der Waals surface area contributed by atoms with Gasteiger partial charge in [0.15, 0.2) is 11.6 Å². The summed E-state index contributed by atoms with van der Waals surface area (Å²) in [6, 6.07) is 11.9. The van der Waals surface area contributed by atoms with Crippen molar-refractivity contribution in [2.75, 3.05) is 5.32 Å². The second-order valence-corrected chi connectivity index (χ2v) is 8.03. The summed E-state index contributed by atoms with van der Waals surface area (Å²) in [6.07, 6.45) is 2.41. The molecule has 26 heavy (non-hydrogen) atoms. The minimum Gasteiger partial charge on any atom is -0.342 e. The summed E-state index contributed by atoms with van der Waals surface area (Å²) in [5, 5.41) is 13.9. The topological polar surface area (TPSA) is 57.8 Å². The lowest BCUT2D eigenvalue weighted by Crippen LogP contribution is -2.26. The molecule has 1 aromatic carbocycles. The fourth-order valence-corrected chi connectivity index (χ4v) is 4.89. The number of carbonyl (C=O) groups excluding carboxylic acids is 1. The Kier molecular flexibility index (Phi) is 3.72. The third-order valence-corrected chi connectivity index (χ3v) is 6.26. The number of thiophene rings is 1. The van der Waals surface area contributed by atoms with Crippen molar-refractivity contribution in [3.05, 3.63) is 68.5 Å². The van der Waals surface area contributed by atoms with Crippen molar-refractivity contribution >= 4 is 34.5 Å². The first-order valence-corrected chi connectivity index (χ1v) is 9.89. The largest absolute Gasteiger partial charge is 0.342 e. The Morgan fingerprint density at radius 2 is 2.00 bits per heavy atom. The van der Waals surface area contributed by atoms with E-state index in [9.17, 15) is 4.79 Å². The minimum absolute atomic E-state index is 0.0709. The van der Waals surface area contributed by atoms with Crippen molar-refractivity contribution in [1.29, 1.82) is 0 Å². The maximum Gasteiger partial charge on any atom is 0.161 e. The number of carbonyl (C=O) groups is 1. The van der Waals surface area contributed by atoms with E-state index in [1.807, 2.05) is 30.3 Å². The van der Waals surface area contributed by atoms with Gasteiger partial charge in [-0.25, -0.2) is 0 Å². The Bertz CT molecular complexity index is 1020. The molecule has 6 heteroatoms. The molecule has 1 atom stereocenters. The Balaban J connectivity index is 1.73. The van der Waals surface area contributed by atoms with Gasteiger partial charge in [0.2, 0.25) is 0 Å². The van der Waals surface area contributed by atoms with Crippen molar-refractivity contribution in [3.8, 4) is 11.3 Å². The quantitative estimate of drug-likeness (QED) is 0.628. The molecular formula is C20H16ClN3OS. The minimum atomic E-state index is -0.0709. The summed E-state index contributed by atoms with van der Waals surface area (Å²) in [4.78, 5) is 14.0. The lowest BCUT2D eigenvalue weighted by Gasteiger charge is -2.31. The maximum absolute atomic E-state index is 12.8. The summed E-state index contributed by atoms with van der Waals surface area (Å²) in [7, 11) is 0. The highest BCUT2D eigenvalue weighted by molar-refractivity contribution is 7.10. The first-order valence-electron chi connectivity index (χ1n) is 8.63. The first kappa shape index (κ1) is 15.9. The van der Waals surface area contributed by atoms with Crippen molar-refractivity contribution in [3.63, 3.8) is 0 Å². The van der Waals surface area contributed by atoms with Gasteiger partial charge in [-0.2, -0.15) is 5.10 Å². The average molecular weight is 382 g/mol. The molecule has 5 rings (SSSR count). The molecule has 1 aliphatic carbocycles. The fraction of sp³-hybridized carbons (Fsp3) is 0.200. The van der Waals surface area contributed by atoms with Crippen LogP contribution in [0.2, 0.25) is 5.02 Å². The van der Waals surface area contributed by atoms with Crippen molar-refractivity contribution in [1.82, 2.24) is 10.2 Å². The van der Waals surface area contributed by atoms with E-state index in [0.717, 1.165) is 46.8 Å². The lowest BCUT2D eigenvalue weighted by molar-refractivity contribution is -0.116. The van der Waals surface area contributed by atoms with Gasteiger partial charge in [0, 0.05) is 38.7 Å². The molecular weight excluding hydrogens is 366 g/mol. The van der Waals surface area contributed by atoms with Crippen LogP contribution in [0.1, 0.15) is 35.6 Å². The number of fused-ring (bicyclic) bond motifs is 1. The zero-order chi connectivity index (χ0) is 17.7. The van der Waals surface area contributed by atoms with Gasteiger partial charge in [-0.3, -0.25) is 9.89 Å². The number of aromatic nitrogens is 2. The van der Waals surface area contributed by atoms with Crippen LogP contribution in [0.3, 0.4) is 0 Å². The van der Waals surface area contributed by atoms with E-state index < -0.39 is 0 Å². The van der Waals surface area contributed by atoms with Crippen LogP contribution in [0.5, 0.6) is 0 Å². The van der Waals surface area contributed by atoms with E-state index in [1.54, 1.807) is 11.3 Å². The zero-order valence-electron chi connectivity index (χ0n) is 13.9. The predicted molar refractivity (Wildman–Crippen MR) is 105 cm³/mol. The number of rotatable bonds is 2. The molecule has 0 spiro atoms. The molecule has 3 aromatic rings. The molecule has 3 heterocycles. The number of anilines is 1. The Hall–Kier alpha value is -2.37. The number of halogens is 1. The number of hydrogen-bond acceptors (Lipinski definition) is 4. The predicted octanol–water partition coefficient (Wildman–Crippen LogP) is 5.36. The highest BCUT2D eigenvalue weighted by Crippen LogP contribution is 2.48. The van der Waals surface area contributed by atoms with E-state index >= 15 is 0 Å². The third-order valence-electron chi connectivity index (χ3n) is 5.07. The van der Waals surface area contributed by atoms with Crippen molar-refractivity contribution in [2.24, 2.45) is 0 Å². The molecule has 2 aliphatic rings. The van der Waals surface area contributed by atoms with E-state index in [1.165, 1.54) is 4.88 Å². The number of benzene rings is 1. The van der Waals surface area contributed by atoms with E-state index in [4.69, 9.17) is 11.6 Å². The smallest absolute Gasteiger partial charge is 0.161 e. The van der Waals surface area contributed by atoms with Crippen LogP contribution in [-0.4, -0.2) is 16.0 Å². The van der Waals surface area contributed by atoms with Gasteiger partial charge < -0.3 is 5.32 Å². The van der Waals surface area contributed by atoms with Crippen LogP contribution in [0.25, 0.3) is 11.3 Å². The molecule has 0 unspecified atom stereocenters. The number of Topliss-reactive ketones (excluding diaryl/α,β-unsaturated/α-hetero) is 1. The van der Waals surface area contributed by atoms with Crippen LogP contribution in [0.4, 0.5) is 5.82 Å². The lowest BCUT2D eigenvalue weighted by atomic mass is 9.78. The molecule has 0 fully saturated rings. The normalized spacial score (nSPS) is 19.1. The van der Waals surface area contributed by atoms with E-state index in [2.05, 4.69) is 27.0 Å². The summed E-state index contributed by atoms with van der Waals surface area (Å²) in [6.45, 7) is 0. The summed E-state index contributed by atoms with van der Waals surface area (Å²) >= 11 is 7.73. The van der Waals surface area contributed by atoms with Gasteiger partial charge in [-0.1, -0.05) is 29.8 Å². The molecule has 0 radical (unpaired) electrons. The van der Waals surface area contributed by atoms with Gasteiger partial charge in [0.25, 0.3) is 0 Å². The van der Waals surface area contributed by atoms with Crippen molar-refractivity contribution in [2.45, 2.75) is 25.2 Å². The number of aromatic amines is 1. The van der Waals surface area contributed by atoms with E-state index in [0.29, 0.717) is 11.4 Å². The standard InChI is InChI=1S/C20H16ClN3OS/c21-12-8-6-11(7-9-12)19-18-17(15-5-2-10-26-15)16-13(3-1-4-14(16)25)22-20(18)24-23-19/h2,5-10,17H,1,3-4H2,(H2,22,23,24)/t17-/m1/s1. The molecule has 0 saturated carbocycles. The molecule has 0 saturated heterocycles. The maximum atomic E-state index is 12.8. The number of H-pyrrole nitrogens is 1. The third kappa shape index (κ3) is 2.42. The highest BCUT2D eigenvalue weighted by atomic mass is 35.5. The average Bonchev–Trinajstić information content (AvgIpc) is 3.31. The van der Waals surface area contributed by atoms with E-state index in [-0.39, 0.29) is 11.7 Å². The number of ketones is 1. The molecule has 2 N–H and O–H groups in total. The monoisotopic (exact) mass is 381 g/mol. The second kappa shape index (κ2) is 6.11. The second-order valence-electron chi connectivity index (χ2n) is 6.61. The van der Waals surface area contributed by atoms with Crippen LogP contribution in [0.15, 0.2) is 53.0 Å². The first-order chi connectivity index (χ1) is 12.7. The van der Waals surface area contributed by atoms with Crippen molar-refractivity contribution < 1.29 is 4.79 Å². The van der Waals surface area contributed by atoms with Crippen LogP contribution in [-0.2, 0) is 4.79 Å². The Labute approximate surface area is 159 Å². The Morgan fingerprint density at radius 1 is 1.15 bits per heavy atom. The van der Waals surface area contributed by atoms with Gasteiger partial charge in [-0.15, -0.1) is 11.3 Å². The fourth-order valence-electron chi connectivity index (χ4n) is 3.92. The van der Waals surface area contributed by atoms with Gasteiger partial charge >= 0.3 is 0 Å². The van der Waals surface area contributed by atoms with Gasteiger partial charge in [-0.05, 0) is 36.4 Å².